The molecule has 0 N–H and O–H groups in total. The number of benzene rings is 1. The average molecular weight is 265 g/mol. The van der Waals surface area contributed by atoms with Gasteiger partial charge < -0.3 is 4.74 Å². The standard InChI is InChI=1S/C13H15NO3S/c1-3-18(15,16)13-11(8-14)12(13)9-4-6-10(17-2)7-5-9/h4-7,11-13H,3H2,1-2H3/t11-,12-,13-/m0/s1. The van der Waals surface area contributed by atoms with E-state index in [1.54, 1.807) is 26.2 Å². The lowest BCUT2D eigenvalue weighted by Crippen LogP contribution is -2.12. The fourth-order valence-corrected chi connectivity index (χ4v) is 4.04. The maximum atomic E-state index is 11.9. The third-order valence-electron chi connectivity index (χ3n) is 3.42. The van der Waals surface area contributed by atoms with Crippen molar-refractivity contribution in [2.75, 3.05) is 12.9 Å². The Morgan fingerprint density at radius 2 is 1.94 bits per heavy atom. The molecule has 4 nitrogen and oxygen atoms in total. The Morgan fingerprint density at radius 1 is 1.33 bits per heavy atom. The Labute approximate surface area is 107 Å². The van der Waals surface area contributed by atoms with Gasteiger partial charge in [0.05, 0.1) is 24.3 Å². The van der Waals surface area contributed by atoms with Crippen molar-refractivity contribution in [2.45, 2.75) is 18.1 Å². The van der Waals surface area contributed by atoms with Gasteiger partial charge in [0.2, 0.25) is 0 Å². The van der Waals surface area contributed by atoms with Crippen molar-refractivity contribution >= 4 is 9.84 Å². The molecule has 1 aromatic carbocycles. The van der Waals surface area contributed by atoms with Crippen LogP contribution >= 0.6 is 0 Å². The van der Waals surface area contributed by atoms with Crippen molar-refractivity contribution in [3.63, 3.8) is 0 Å². The molecule has 1 aromatic rings. The van der Waals surface area contributed by atoms with Crippen LogP contribution in [0.5, 0.6) is 5.75 Å². The first-order chi connectivity index (χ1) is 8.55. The van der Waals surface area contributed by atoms with E-state index in [4.69, 9.17) is 10.00 Å². The Hall–Kier alpha value is -1.54. The fourth-order valence-electron chi connectivity index (χ4n) is 2.30. The summed E-state index contributed by atoms with van der Waals surface area (Å²) in [5, 5.41) is 8.49. The van der Waals surface area contributed by atoms with E-state index in [0.717, 1.165) is 11.3 Å². The van der Waals surface area contributed by atoms with Gasteiger partial charge >= 0.3 is 0 Å². The molecular weight excluding hydrogens is 250 g/mol. The minimum Gasteiger partial charge on any atom is -0.497 e. The summed E-state index contributed by atoms with van der Waals surface area (Å²) in [6.45, 7) is 1.62. The van der Waals surface area contributed by atoms with Crippen LogP contribution in [0.2, 0.25) is 0 Å². The average Bonchev–Trinajstić information content (AvgIpc) is 3.14. The molecule has 0 bridgehead atoms. The minimum absolute atomic E-state index is 0.0858. The van der Waals surface area contributed by atoms with Gasteiger partial charge in [-0.3, -0.25) is 0 Å². The largest absolute Gasteiger partial charge is 0.497 e. The quantitative estimate of drug-likeness (QED) is 0.831. The van der Waals surface area contributed by atoms with Crippen LogP contribution in [-0.2, 0) is 9.84 Å². The highest BCUT2D eigenvalue weighted by atomic mass is 32.2. The topological polar surface area (TPSA) is 67.2 Å². The van der Waals surface area contributed by atoms with E-state index >= 15 is 0 Å². The van der Waals surface area contributed by atoms with E-state index in [-0.39, 0.29) is 11.7 Å². The molecule has 0 spiro atoms. The number of hydrogen-bond acceptors (Lipinski definition) is 4. The second-order valence-electron chi connectivity index (χ2n) is 4.37. The van der Waals surface area contributed by atoms with Crippen molar-refractivity contribution in [3.8, 4) is 11.8 Å². The normalized spacial score (nSPS) is 26.4. The van der Waals surface area contributed by atoms with Gasteiger partial charge in [0.1, 0.15) is 5.75 Å². The highest BCUT2D eigenvalue weighted by Crippen LogP contribution is 2.52. The molecule has 0 radical (unpaired) electrons. The van der Waals surface area contributed by atoms with Crippen molar-refractivity contribution in [2.24, 2.45) is 5.92 Å². The summed E-state index contributed by atoms with van der Waals surface area (Å²) in [5.41, 5.74) is 0.893. The lowest BCUT2D eigenvalue weighted by atomic mass is 10.1. The first-order valence-electron chi connectivity index (χ1n) is 5.80. The first-order valence-corrected chi connectivity index (χ1v) is 7.51. The van der Waals surface area contributed by atoms with Crippen molar-refractivity contribution in [1.82, 2.24) is 0 Å². The van der Waals surface area contributed by atoms with Gasteiger partial charge in [0, 0.05) is 11.7 Å². The molecule has 2 rings (SSSR count). The molecule has 1 fully saturated rings. The molecule has 0 heterocycles. The van der Waals surface area contributed by atoms with Crippen molar-refractivity contribution in [3.05, 3.63) is 29.8 Å². The smallest absolute Gasteiger partial charge is 0.154 e. The third-order valence-corrected chi connectivity index (χ3v) is 5.64. The van der Waals surface area contributed by atoms with E-state index in [1.807, 2.05) is 12.1 Å². The molecule has 0 aromatic heterocycles. The zero-order chi connectivity index (χ0) is 13.3. The molecule has 0 saturated heterocycles. The third kappa shape index (κ3) is 2.08. The highest BCUT2D eigenvalue weighted by molar-refractivity contribution is 7.92. The molecule has 5 heteroatoms. The van der Waals surface area contributed by atoms with Gasteiger partial charge in [-0.25, -0.2) is 8.42 Å². The lowest BCUT2D eigenvalue weighted by Gasteiger charge is -2.02. The number of ether oxygens (including phenoxy) is 1. The van der Waals surface area contributed by atoms with Crippen LogP contribution < -0.4 is 4.74 Å². The van der Waals surface area contributed by atoms with E-state index < -0.39 is 21.0 Å². The molecule has 0 aliphatic heterocycles. The predicted molar refractivity (Wildman–Crippen MR) is 68.1 cm³/mol. The summed E-state index contributed by atoms with van der Waals surface area (Å²) in [6, 6.07) is 9.34. The summed E-state index contributed by atoms with van der Waals surface area (Å²) >= 11 is 0. The molecular formula is C13H15NO3S. The number of hydrogen-bond donors (Lipinski definition) is 0. The molecule has 0 amide bonds. The molecule has 18 heavy (non-hydrogen) atoms. The molecule has 1 saturated carbocycles. The SMILES string of the molecule is CCS(=O)(=O)[C@H]1[C@@H](C#N)[C@@H]1c1ccc(OC)cc1. The Bertz CT molecular complexity index is 571. The highest BCUT2D eigenvalue weighted by Gasteiger charge is 2.58. The summed E-state index contributed by atoms with van der Waals surface area (Å²) < 4.78 is 28.8. The number of rotatable bonds is 4. The summed E-state index contributed by atoms with van der Waals surface area (Å²) in [7, 11) is -1.58. The van der Waals surface area contributed by atoms with Crippen LogP contribution in [0.3, 0.4) is 0 Å². The number of methoxy groups -OCH3 is 1. The van der Waals surface area contributed by atoms with Crippen LogP contribution in [0.25, 0.3) is 0 Å². The van der Waals surface area contributed by atoms with Gasteiger partial charge in [-0.05, 0) is 17.7 Å². The second-order valence-corrected chi connectivity index (χ2v) is 6.82. The van der Waals surface area contributed by atoms with Crippen LogP contribution in [0, 0.1) is 17.2 Å². The molecule has 3 atom stereocenters. The van der Waals surface area contributed by atoms with Gasteiger partial charge in [-0.15, -0.1) is 0 Å². The molecule has 0 unspecified atom stereocenters. The van der Waals surface area contributed by atoms with Gasteiger partial charge in [-0.1, -0.05) is 19.1 Å². The number of nitriles is 1. The monoisotopic (exact) mass is 265 g/mol. The lowest BCUT2D eigenvalue weighted by molar-refractivity contribution is 0.414. The van der Waals surface area contributed by atoms with E-state index in [9.17, 15) is 8.42 Å². The molecule has 1 aliphatic carbocycles. The Morgan fingerprint density at radius 3 is 2.39 bits per heavy atom. The molecule has 96 valence electrons. The summed E-state index contributed by atoms with van der Waals surface area (Å²) in [6.07, 6.45) is 0. The maximum Gasteiger partial charge on any atom is 0.154 e. The molecule has 1 aliphatic rings. The Kier molecular flexibility index (Phi) is 3.31. The van der Waals surface area contributed by atoms with Crippen LogP contribution in [-0.4, -0.2) is 26.5 Å². The van der Waals surface area contributed by atoms with E-state index in [1.165, 1.54) is 0 Å². The van der Waals surface area contributed by atoms with Gasteiger partial charge in [0.15, 0.2) is 9.84 Å². The zero-order valence-electron chi connectivity index (χ0n) is 10.3. The maximum absolute atomic E-state index is 11.9. The van der Waals surface area contributed by atoms with Crippen LogP contribution in [0.15, 0.2) is 24.3 Å². The van der Waals surface area contributed by atoms with E-state index in [0.29, 0.717) is 0 Å². The van der Waals surface area contributed by atoms with Crippen LogP contribution in [0.4, 0.5) is 0 Å². The fraction of sp³-hybridized carbons (Fsp3) is 0.462. The van der Waals surface area contributed by atoms with Crippen molar-refractivity contribution in [1.29, 1.82) is 5.26 Å². The van der Waals surface area contributed by atoms with Crippen LogP contribution in [0.1, 0.15) is 18.4 Å². The first kappa shape index (κ1) is 12.9. The summed E-state index contributed by atoms with van der Waals surface area (Å²) in [4.78, 5) is 0. The Balaban J connectivity index is 2.27. The minimum atomic E-state index is -3.15. The summed E-state index contributed by atoms with van der Waals surface area (Å²) in [5.74, 6) is 0.208. The number of nitrogens with zero attached hydrogens (tertiary/aromatic N) is 1. The van der Waals surface area contributed by atoms with Crippen molar-refractivity contribution < 1.29 is 13.2 Å². The second kappa shape index (κ2) is 4.62. The predicted octanol–water partition coefficient (Wildman–Crippen LogP) is 1.74. The number of sulfone groups is 1. The van der Waals surface area contributed by atoms with E-state index in [2.05, 4.69) is 6.07 Å². The van der Waals surface area contributed by atoms with Gasteiger partial charge in [0.25, 0.3) is 0 Å². The van der Waals surface area contributed by atoms with Gasteiger partial charge in [-0.2, -0.15) is 5.26 Å². The zero-order valence-corrected chi connectivity index (χ0v) is 11.1.